The van der Waals surface area contributed by atoms with Crippen molar-refractivity contribution in [3.63, 3.8) is 0 Å². The minimum atomic E-state index is -2.87. The zero-order valence-corrected chi connectivity index (χ0v) is 9.92. The summed E-state index contributed by atoms with van der Waals surface area (Å²) in [6, 6.07) is 0. The maximum atomic E-state index is 8.70. The monoisotopic (exact) mass is 211 g/mol. The molecule has 0 aliphatic rings. The minimum absolute atomic E-state index is 1.28. The molecule has 0 aliphatic carbocycles. The average Bonchev–Trinajstić information content (AvgIpc) is 2.09. The van der Waals surface area contributed by atoms with Gasteiger partial charge in [0.1, 0.15) is 0 Å². The lowest BCUT2D eigenvalue weighted by molar-refractivity contribution is -0.921. The summed E-state index contributed by atoms with van der Waals surface area (Å²) in [7, 11) is -2.87. The second-order valence-corrected chi connectivity index (χ2v) is 3.36. The number of hydrogen-bond donors (Lipinski definition) is 2. The highest BCUT2D eigenvalue weighted by Gasteiger charge is 2.16. The van der Waals surface area contributed by atoms with Crippen molar-refractivity contribution in [1.82, 2.24) is 0 Å². The van der Waals surface area contributed by atoms with Gasteiger partial charge in [-0.1, -0.05) is 0 Å². The molecule has 0 spiro atoms. The van der Waals surface area contributed by atoms with Gasteiger partial charge in [-0.3, -0.25) is 0 Å². The molecule has 0 aliphatic heterocycles. The summed E-state index contributed by atoms with van der Waals surface area (Å²) < 4.78 is 1.28. The third kappa shape index (κ3) is 8.60. The zero-order valence-electron chi connectivity index (χ0n) is 9.03. The van der Waals surface area contributed by atoms with Crippen LogP contribution in [-0.2, 0) is 0 Å². The Labute approximate surface area is 82.4 Å². The molecular weight excluding hydrogens is 189 g/mol. The highest BCUT2D eigenvalue weighted by atomic mass is 31.2. The van der Waals surface area contributed by atoms with Gasteiger partial charge < -0.3 is 19.2 Å². The number of rotatable bonds is 4. The SMILES string of the molecule is CC[N+](CC)(CC)CC.[O-]P(O)O. The smallest absolute Gasteiger partial charge is 0.0757 e. The van der Waals surface area contributed by atoms with Crippen molar-refractivity contribution in [2.24, 2.45) is 0 Å². The Hall–Kier alpha value is 0.270. The lowest BCUT2D eigenvalue weighted by atomic mass is 10.3. The van der Waals surface area contributed by atoms with E-state index in [4.69, 9.17) is 14.7 Å². The maximum absolute atomic E-state index is 8.70. The second-order valence-electron chi connectivity index (χ2n) is 2.86. The Morgan fingerprint density at radius 2 is 1.08 bits per heavy atom. The molecule has 0 saturated carbocycles. The van der Waals surface area contributed by atoms with Gasteiger partial charge in [0.25, 0.3) is 0 Å². The first-order chi connectivity index (χ1) is 5.97. The van der Waals surface area contributed by atoms with Gasteiger partial charge in [-0.15, -0.1) is 0 Å². The van der Waals surface area contributed by atoms with Crippen LogP contribution in [0.5, 0.6) is 0 Å². The van der Waals surface area contributed by atoms with E-state index in [1.54, 1.807) is 0 Å². The molecule has 0 saturated heterocycles. The summed E-state index contributed by atoms with van der Waals surface area (Å²) in [5.41, 5.74) is 0. The van der Waals surface area contributed by atoms with Gasteiger partial charge >= 0.3 is 0 Å². The Morgan fingerprint density at radius 1 is 0.923 bits per heavy atom. The third-order valence-electron chi connectivity index (χ3n) is 2.68. The molecule has 13 heavy (non-hydrogen) atoms. The van der Waals surface area contributed by atoms with Gasteiger partial charge in [0.2, 0.25) is 0 Å². The van der Waals surface area contributed by atoms with Crippen LogP contribution in [-0.4, -0.2) is 40.4 Å². The molecule has 0 amide bonds. The second kappa shape index (κ2) is 8.85. The van der Waals surface area contributed by atoms with Crippen LogP contribution in [0.4, 0.5) is 0 Å². The van der Waals surface area contributed by atoms with Gasteiger partial charge in [0, 0.05) is 0 Å². The van der Waals surface area contributed by atoms with Crippen LogP contribution in [0, 0.1) is 0 Å². The summed E-state index contributed by atoms with van der Waals surface area (Å²) in [6.45, 7) is 14.2. The summed E-state index contributed by atoms with van der Waals surface area (Å²) in [5.74, 6) is 0. The summed E-state index contributed by atoms with van der Waals surface area (Å²) in [6.07, 6.45) is 0. The number of nitrogens with zero attached hydrogens (tertiary/aromatic N) is 1. The van der Waals surface area contributed by atoms with E-state index in [0.29, 0.717) is 0 Å². The molecule has 0 bridgehead atoms. The highest BCUT2D eigenvalue weighted by molar-refractivity contribution is 7.36. The fourth-order valence-electron chi connectivity index (χ4n) is 1.34. The third-order valence-corrected chi connectivity index (χ3v) is 2.68. The first kappa shape index (κ1) is 15.7. The maximum Gasteiger partial charge on any atom is 0.0757 e. The normalized spacial score (nSPS) is 11.1. The van der Waals surface area contributed by atoms with Crippen molar-refractivity contribution >= 4 is 8.60 Å². The largest absolute Gasteiger partial charge is 0.786 e. The minimum Gasteiger partial charge on any atom is -0.786 e. The van der Waals surface area contributed by atoms with Crippen LogP contribution in [0.2, 0.25) is 0 Å². The average molecular weight is 211 g/mol. The van der Waals surface area contributed by atoms with Crippen LogP contribution < -0.4 is 4.89 Å². The molecule has 0 aromatic heterocycles. The topological polar surface area (TPSA) is 63.5 Å². The fraction of sp³-hybridized carbons (Fsp3) is 1.00. The molecule has 4 nitrogen and oxygen atoms in total. The first-order valence-corrected chi connectivity index (χ1v) is 5.84. The lowest BCUT2D eigenvalue weighted by Crippen LogP contribution is -2.47. The van der Waals surface area contributed by atoms with Gasteiger partial charge in [-0.2, -0.15) is 0 Å². The van der Waals surface area contributed by atoms with Crippen molar-refractivity contribution in [1.29, 1.82) is 0 Å². The zero-order chi connectivity index (χ0) is 10.9. The Morgan fingerprint density at radius 3 is 1.08 bits per heavy atom. The van der Waals surface area contributed by atoms with Crippen LogP contribution in [0.25, 0.3) is 0 Å². The Bertz CT molecular complexity index is 87.3. The number of hydrogen-bond acceptors (Lipinski definition) is 3. The lowest BCUT2D eigenvalue weighted by Gasteiger charge is -2.34. The van der Waals surface area contributed by atoms with Crippen molar-refractivity contribution < 1.29 is 19.2 Å². The summed E-state index contributed by atoms with van der Waals surface area (Å²) in [5, 5.41) is 0. The van der Waals surface area contributed by atoms with E-state index in [1.165, 1.54) is 30.7 Å². The summed E-state index contributed by atoms with van der Waals surface area (Å²) >= 11 is 0. The number of quaternary nitrogens is 1. The molecule has 0 heterocycles. The van der Waals surface area contributed by atoms with Crippen molar-refractivity contribution in [3.05, 3.63) is 0 Å². The van der Waals surface area contributed by atoms with Gasteiger partial charge in [0.15, 0.2) is 0 Å². The molecule has 0 fully saturated rings. The predicted molar refractivity (Wildman–Crippen MR) is 53.8 cm³/mol. The molecule has 0 aromatic carbocycles. The molecule has 0 atom stereocenters. The molecular formula is C8H22NO3P. The van der Waals surface area contributed by atoms with Gasteiger partial charge in [-0.25, -0.2) is 0 Å². The van der Waals surface area contributed by atoms with E-state index in [0.717, 1.165) is 0 Å². The van der Waals surface area contributed by atoms with Crippen molar-refractivity contribution in [2.75, 3.05) is 26.2 Å². The molecule has 0 rings (SSSR count). The van der Waals surface area contributed by atoms with Crippen LogP contribution in [0.1, 0.15) is 27.7 Å². The molecule has 0 unspecified atom stereocenters. The van der Waals surface area contributed by atoms with E-state index in [-0.39, 0.29) is 0 Å². The van der Waals surface area contributed by atoms with Crippen LogP contribution in [0.3, 0.4) is 0 Å². The Balaban J connectivity index is 0. The standard InChI is InChI=1S/C8H20N.H2O3P/c1-5-9(6-2,7-3)8-4;1-4(2)3/h5-8H2,1-4H3;1-2H/q+1;-1. The van der Waals surface area contributed by atoms with E-state index < -0.39 is 8.60 Å². The predicted octanol–water partition coefficient (Wildman–Crippen LogP) is 0.441. The summed E-state index contributed by atoms with van der Waals surface area (Å²) in [4.78, 5) is 22.9. The quantitative estimate of drug-likeness (QED) is 0.524. The molecule has 2 N–H and O–H groups in total. The van der Waals surface area contributed by atoms with E-state index in [2.05, 4.69) is 27.7 Å². The van der Waals surface area contributed by atoms with E-state index in [1.807, 2.05) is 0 Å². The first-order valence-electron chi connectivity index (χ1n) is 4.68. The van der Waals surface area contributed by atoms with Gasteiger partial charge in [-0.05, 0) is 27.7 Å². The van der Waals surface area contributed by atoms with Crippen LogP contribution in [0.15, 0.2) is 0 Å². The molecule has 82 valence electrons. The fourth-order valence-corrected chi connectivity index (χ4v) is 1.34. The van der Waals surface area contributed by atoms with E-state index in [9.17, 15) is 0 Å². The molecule has 0 aromatic rings. The van der Waals surface area contributed by atoms with Gasteiger partial charge in [0.05, 0.1) is 34.8 Å². The van der Waals surface area contributed by atoms with Crippen molar-refractivity contribution in [3.8, 4) is 0 Å². The van der Waals surface area contributed by atoms with E-state index >= 15 is 0 Å². The molecule has 5 heteroatoms. The Kier molecular flexibility index (Phi) is 10.7. The molecule has 0 radical (unpaired) electrons. The van der Waals surface area contributed by atoms with Crippen molar-refractivity contribution in [2.45, 2.75) is 27.7 Å². The highest BCUT2D eigenvalue weighted by Crippen LogP contribution is 2.04. The van der Waals surface area contributed by atoms with Crippen LogP contribution >= 0.6 is 8.60 Å².